The molecule has 3 nitrogen and oxygen atoms in total. The molecule has 1 saturated carbocycles. The highest BCUT2D eigenvalue weighted by Gasteiger charge is 2.34. The fraction of sp³-hybridized carbons (Fsp3) is 0.562. The number of hydrogen-bond acceptors (Lipinski definition) is 2. The maximum atomic E-state index is 5.90. The predicted molar refractivity (Wildman–Crippen MR) is 80.4 cm³/mol. The molecule has 0 radical (unpaired) electrons. The molecule has 1 aliphatic carbocycles. The van der Waals surface area contributed by atoms with Crippen molar-refractivity contribution in [1.29, 1.82) is 0 Å². The van der Waals surface area contributed by atoms with E-state index in [4.69, 9.17) is 10.7 Å². The summed E-state index contributed by atoms with van der Waals surface area (Å²) < 4.78 is 2.49. The van der Waals surface area contributed by atoms with Crippen molar-refractivity contribution < 1.29 is 0 Å². The molecule has 1 heterocycles. The van der Waals surface area contributed by atoms with Gasteiger partial charge in [-0.1, -0.05) is 26.7 Å². The Morgan fingerprint density at radius 2 is 1.95 bits per heavy atom. The summed E-state index contributed by atoms with van der Waals surface area (Å²) in [6, 6.07) is 6.12. The van der Waals surface area contributed by atoms with Gasteiger partial charge in [0.1, 0.15) is 5.82 Å². The van der Waals surface area contributed by atoms with Crippen molar-refractivity contribution >= 4 is 16.7 Å². The first-order valence-corrected chi connectivity index (χ1v) is 7.30. The Morgan fingerprint density at radius 1 is 1.26 bits per heavy atom. The van der Waals surface area contributed by atoms with E-state index in [1.165, 1.54) is 37.0 Å². The molecule has 0 atom stereocenters. The van der Waals surface area contributed by atoms with E-state index in [0.29, 0.717) is 5.92 Å². The number of hydrogen-bond donors (Lipinski definition) is 1. The van der Waals surface area contributed by atoms with E-state index in [0.717, 1.165) is 11.2 Å². The van der Waals surface area contributed by atoms with Crippen LogP contribution in [0.15, 0.2) is 18.2 Å². The van der Waals surface area contributed by atoms with Gasteiger partial charge in [-0.15, -0.1) is 0 Å². The molecule has 1 fully saturated rings. The molecule has 0 amide bonds. The van der Waals surface area contributed by atoms with Gasteiger partial charge >= 0.3 is 0 Å². The van der Waals surface area contributed by atoms with Gasteiger partial charge in [0.2, 0.25) is 0 Å². The minimum absolute atomic E-state index is 0.227. The lowest BCUT2D eigenvalue weighted by molar-refractivity contribution is 0.324. The van der Waals surface area contributed by atoms with Crippen LogP contribution >= 0.6 is 0 Å². The SMILES string of the molecule is CC(C)c1nc2cc(N)ccc2n1C1(C)CCCC1. The molecule has 1 aromatic carbocycles. The summed E-state index contributed by atoms with van der Waals surface area (Å²) >= 11 is 0. The summed E-state index contributed by atoms with van der Waals surface area (Å²) in [5.41, 5.74) is 9.20. The van der Waals surface area contributed by atoms with Crippen LogP contribution in [0.1, 0.15) is 58.2 Å². The largest absolute Gasteiger partial charge is 0.399 e. The van der Waals surface area contributed by atoms with Crippen LogP contribution in [0, 0.1) is 0 Å². The maximum Gasteiger partial charge on any atom is 0.112 e. The van der Waals surface area contributed by atoms with Crippen LogP contribution in [-0.4, -0.2) is 9.55 Å². The summed E-state index contributed by atoms with van der Waals surface area (Å²) in [6.45, 7) is 6.82. The van der Waals surface area contributed by atoms with E-state index in [-0.39, 0.29) is 5.54 Å². The van der Waals surface area contributed by atoms with Gasteiger partial charge in [-0.25, -0.2) is 4.98 Å². The third-order valence-electron chi connectivity index (χ3n) is 4.44. The molecule has 0 unspecified atom stereocenters. The van der Waals surface area contributed by atoms with Gasteiger partial charge in [0.05, 0.1) is 11.0 Å². The topological polar surface area (TPSA) is 43.8 Å². The van der Waals surface area contributed by atoms with E-state index in [2.05, 4.69) is 31.4 Å². The second-order valence-electron chi connectivity index (χ2n) is 6.41. The molecule has 0 spiro atoms. The van der Waals surface area contributed by atoms with Crippen molar-refractivity contribution in [3.8, 4) is 0 Å². The number of imidazole rings is 1. The number of fused-ring (bicyclic) bond motifs is 1. The fourth-order valence-corrected chi connectivity index (χ4v) is 3.43. The van der Waals surface area contributed by atoms with Gasteiger partial charge in [0, 0.05) is 17.1 Å². The minimum atomic E-state index is 0.227. The summed E-state index contributed by atoms with van der Waals surface area (Å²) in [4.78, 5) is 4.85. The second kappa shape index (κ2) is 4.26. The molecule has 1 aliphatic rings. The van der Waals surface area contributed by atoms with Crippen molar-refractivity contribution in [2.24, 2.45) is 0 Å². The highest BCUT2D eigenvalue weighted by molar-refractivity contribution is 5.80. The van der Waals surface area contributed by atoms with Crippen LogP contribution in [-0.2, 0) is 5.54 Å². The molecule has 2 N–H and O–H groups in total. The molecule has 0 saturated heterocycles. The van der Waals surface area contributed by atoms with Crippen LogP contribution < -0.4 is 5.73 Å². The van der Waals surface area contributed by atoms with Gasteiger partial charge < -0.3 is 10.3 Å². The van der Waals surface area contributed by atoms with Crippen LogP contribution in [0.5, 0.6) is 0 Å². The Bertz CT molecular complexity index is 604. The lowest BCUT2D eigenvalue weighted by Crippen LogP contribution is -2.28. The Hall–Kier alpha value is -1.51. The maximum absolute atomic E-state index is 5.90. The lowest BCUT2D eigenvalue weighted by Gasteiger charge is -2.30. The van der Waals surface area contributed by atoms with Gasteiger partial charge in [-0.2, -0.15) is 0 Å². The first-order chi connectivity index (χ1) is 9.01. The molecule has 1 aromatic heterocycles. The molecular weight excluding hydrogens is 234 g/mol. The van der Waals surface area contributed by atoms with Crippen LogP contribution in [0.4, 0.5) is 5.69 Å². The molecule has 3 rings (SSSR count). The average molecular weight is 257 g/mol. The van der Waals surface area contributed by atoms with Crippen molar-refractivity contribution in [2.45, 2.75) is 57.9 Å². The predicted octanol–water partition coefficient (Wildman–Crippen LogP) is 4.03. The zero-order valence-corrected chi connectivity index (χ0v) is 12.1. The zero-order chi connectivity index (χ0) is 13.6. The smallest absolute Gasteiger partial charge is 0.112 e. The Kier molecular flexibility index (Phi) is 2.80. The van der Waals surface area contributed by atoms with E-state index < -0.39 is 0 Å². The van der Waals surface area contributed by atoms with Gasteiger partial charge in [-0.05, 0) is 38.0 Å². The first kappa shape index (κ1) is 12.5. The lowest BCUT2D eigenvalue weighted by atomic mass is 9.98. The molecule has 3 heteroatoms. The van der Waals surface area contributed by atoms with Gasteiger partial charge in [0.15, 0.2) is 0 Å². The van der Waals surface area contributed by atoms with Crippen molar-refractivity contribution in [3.05, 3.63) is 24.0 Å². The number of rotatable bonds is 2. The number of nitrogen functional groups attached to an aromatic ring is 1. The summed E-state index contributed by atoms with van der Waals surface area (Å²) in [6.07, 6.45) is 5.15. The van der Waals surface area contributed by atoms with Crippen LogP contribution in [0.25, 0.3) is 11.0 Å². The first-order valence-electron chi connectivity index (χ1n) is 7.30. The second-order valence-corrected chi connectivity index (χ2v) is 6.41. The number of anilines is 1. The highest BCUT2D eigenvalue weighted by atomic mass is 15.1. The third kappa shape index (κ3) is 1.92. The van der Waals surface area contributed by atoms with E-state index in [1.807, 2.05) is 12.1 Å². The van der Waals surface area contributed by atoms with Crippen molar-refractivity contribution in [2.75, 3.05) is 5.73 Å². The van der Waals surface area contributed by atoms with Crippen LogP contribution in [0.3, 0.4) is 0 Å². The summed E-state index contributed by atoms with van der Waals surface area (Å²) in [5, 5.41) is 0. The van der Waals surface area contributed by atoms with Crippen molar-refractivity contribution in [1.82, 2.24) is 9.55 Å². The molecule has 2 aromatic rings. The summed E-state index contributed by atoms with van der Waals surface area (Å²) in [7, 11) is 0. The third-order valence-corrected chi connectivity index (χ3v) is 4.44. The summed E-state index contributed by atoms with van der Waals surface area (Å²) in [5.74, 6) is 1.64. The van der Waals surface area contributed by atoms with Crippen LogP contribution in [0.2, 0.25) is 0 Å². The number of nitrogens with two attached hydrogens (primary N) is 1. The fourth-order valence-electron chi connectivity index (χ4n) is 3.43. The van der Waals surface area contributed by atoms with E-state index in [9.17, 15) is 0 Å². The Morgan fingerprint density at radius 3 is 2.58 bits per heavy atom. The van der Waals surface area contributed by atoms with Gasteiger partial charge in [-0.3, -0.25) is 0 Å². The zero-order valence-electron chi connectivity index (χ0n) is 12.1. The standard InChI is InChI=1S/C16H23N3/c1-11(2)15-18-13-10-12(17)6-7-14(13)19(15)16(3)8-4-5-9-16/h6-7,10-11H,4-5,8-9,17H2,1-3H3. The molecule has 19 heavy (non-hydrogen) atoms. The molecule has 0 bridgehead atoms. The van der Waals surface area contributed by atoms with E-state index in [1.54, 1.807) is 0 Å². The number of benzene rings is 1. The molecule has 102 valence electrons. The van der Waals surface area contributed by atoms with Crippen molar-refractivity contribution in [3.63, 3.8) is 0 Å². The Balaban J connectivity index is 2.28. The van der Waals surface area contributed by atoms with E-state index >= 15 is 0 Å². The normalized spacial score (nSPS) is 18.5. The quantitative estimate of drug-likeness (QED) is 0.825. The molecular formula is C16H23N3. The van der Waals surface area contributed by atoms with Gasteiger partial charge in [0.25, 0.3) is 0 Å². The molecule has 0 aliphatic heterocycles. The average Bonchev–Trinajstić information content (AvgIpc) is 2.93. The number of aromatic nitrogens is 2. The number of nitrogens with zero attached hydrogens (tertiary/aromatic N) is 2. The monoisotopic (exact) mass is 257 g/mol. The Labute approximate surface area is 114 Å². The minimum Gasteiger partial charge on any atom is -0.399 e. The highest BCUT2D eigenvalue weighted by Crippen LogP contribution is 2.40.